The summed E-state index contributed by atoms with van der Waals surface area (Å²) in [6.07, 6.45) is 7.21. The molecule has 14 nitrogen and oxygen atoms in total. The van der Waals surface area contributed by atoms with E-state index in [0.717, 1.165) is 36.5 Å². The maximum Gasteiger partial charge on any atom is 0.253 e. The third kappa shape index (κ3) is 5.29. The van der Waals surface area contributed by atoms with Crippen LogP contribution >= 0.6 is 11.6 Å². The van der Waals surface area contributed by atoms with E-state index in [-0.39, 0.29) is 23.2 Å². The molecule has 2 unspecified atom stereocenters. The molecule has 16 heteroatoms. The summed E-state index contributed by atoms with van der Waals surface area (Å²) in [5.74, 6) is -0.889. The van der Waals surface area contributed by atoms with Crippen LogP contribution < -0.4 is 15.5 Å². The molecule has 3 aromatic heterocycles. The van der Waals surface area contributed by atoms with Gasteiger partial charge in [0.1, 0.15) is 6.33 Å². The topological polar surface area (TPSA) is 155 Å². The fraction of sp³-hybridized carbons (Fsp3) is 0.276. The van der Waals surface area contributed by atoms with Gasteiger partial charge in [0, 0.05) is 61.5 Å². The minimum Gasteiger partial charge on any atom is -0.337 e. The van der Waals surface area contributed by atoms with Gasteiger partial charge in [0.25, 0.3) is 5.91 Å². The molecule has 0 saturated carbocycles. The second-order valence-corrected chi connectivity index (χ2v) is 11.3. The standard InChI is InChI=1S/C29H28ClFN12O2/c1-17-13-32-8-9-40(17)29-33-15-24-27(28(45)36-19-3-2-18-14-34-37-22(18)12-19)42(11-10-41(24)29)25(44)7-4-20-23(43-16-35-38-39-43)6-5-21(30)26(20)31/h2-7,12,14-17,27,32H,8-11,13H2,1H3,(H,34,37)(H,36,45). The number of piperazine rings is 1. The number of hydrogen-bond donors (Lipinski definition) is 3. The number of carbonyl (C=O) groups excluding carboxylic acids is 2. The Morgan fingerprint density at radius 1 is 1.16 bits per heavy atom. The molecule has 1 fully saturated rings. The Labute approximate surface area is 260 Å². The highest BCUT2D eigenvalue weighted by Crippen LogP contribution is 2.33. The molecular weight excluding hydrogens is 603 g/mol. The lowest BCUT2D eigenvalue weighted by Gasteiger charge is -2.39. The molecule has 1 saturated heterocycles. The Hall–Kier alpha value is -5.15. The number of amides is 2. The van der Waals surface area contributed by atoms with Crippen molar-refractivity contribution in [1.82, 2.24) is 50.2 Å². The highest BCUT2D eigenvalue weighted by Gasteiger charge is 2.38. The Balaban J connectivity index is 1.23. The maximum absolute atomic E-state index is 15.2. The summed E-state index contributed by atoms with van der Waals surface area (Å²) in [7, 11) is 0. The normalized spacial score (nSPS) is 18.5. The molecule has 2 atom stereocenters. The van der Waals surface area contributed by atoms with Gasteiger partial charge in [0.15, 0.2) is 11.9 Å². The Bertz CT molecular complexity index is 1920. The first-order valence-electron chi connectivity index (χ1n) is 14.4. The van der Waals surface area contributed by atoms with Gasteiger partial charge in [-0.15, -0.1) is 5.10 Å². The molecule has 5 heterocycles. The van der Waals surface area contributed by atoms with Crippen LogP contribution in [0.4, 0.5) is 16.0 Å². The summed E-state index contributed by atoms with van der Waals surface area (Å²) in [4.78, 5) is 36.3. The number of nitrogens with one attached hydrogen (secondary N) is 3. The second kappa shape index (κ2) is 11.7. The fourth-order valence-corrected chi connectivity index (χ4v) is 6.03. The van der Waals surface area contributed by atoms with Gasteiger partial charge in [-0.3, -0.25) is 14.7 Å². The van der Waals surface area contributed by atoms with Crippen LogP contribution in [0.25, 0.3) is 22.7 Å². The average molecular weight is 631 g/mol. The van der Waals surface area contributed by atoms with Gasteiger partial charge in [0.2, 0.25) is 11.9 Å². The highest BCUT2D eigenvalue weighted by molar-refractivity contribution is 6.31. The van der Waals surface area contributed by atoms with E-state index in [1.54, 1.807) is 30.6 Å². The van der Waals surface area contributed by atoms with E-state index in [1.165, 1.54) is 34.1 Å². The minimum atomic E-state index is -1.02. The van der Waals surface area contributed by atoms with Crippen molar-refractivity contribution >= 4 is 52.0 Å². The van der Waals surface area contributed by atoms with Crippen LogP contribution in [0.2, 0.25) is 5.02 Å². The molecule has 2 amide bonds. The number of tetrazole rings is 1. The van der Waals surface area contributed by atoms with Gasteiger partial charge >= 0.3 is 0 Å². The van der Waals surface area contributed by atoms with E-state index in [4.69, 9.17) is 16.6 Å². The number of aromatic amines is 1. The first-order valence-corrected chi connectivity index (χ1v) is 14.7. The lowest BCUT2D eigenvalue weighted by atomic mass is 10.1. The first kappa shape index (κ1) is 28.6. The third-order valence-corrected chi connectivity index (χ3v) is 8.41. The Kier molecular flexibility index (Phi) is 7.47. The molecule has 3 N–H and O–H groups in total. The van der Waals surface area contributed by atoms with E-state index >= 15 is 4.39 Å². The number of H-pyrrole nitrogens is 1. The smallest absolute Gasteiger partial charge is 0.253 e. The summed E-state index contributed by atoms with van der Waals surface area (Å²) in [5, 5.41) is 25.1. The number of fused-ring (bicyclic) bond motifs is 2. The molecule has 45 heavy (non-hydrogen) atoms. The number of nitrogens with zero attached hydrogens (tertiary/aromatic N) is 9. The molecule has 7 rings (SSSR count). The van der Waals surface area contributed by atoms with Gasteiger partial charge in [0.05, 0.1) is 34.3 Å². The van der Waals surface area contributed by atoms with Crippen LogP contribution in [-0.4, -0.2) is 88.9 Å². The lowest BCUT2D eigenvalue weighted by molar-refractivity contribution is -0.136. The molecule has 5 aromatic rings. The number of halogens is 2. The number of aromatic nitrogens is 8. The zero-order valence-electron chi connectivity index (χ0n) is 24.1. The molecule has 0 aliphatic carbocycles. The monoisotopic (exact) mass is 630 g/mol. The molecule has 2 aliphatic rings. The van der Waals surface area contributed by atoms with Crippen LogP contribution in [0.5, 0.6) is 0 Å². The van der Waals surface area contributed by atoms with Crippen molar-refractivity contribution in [3.05, 3.63) is 77.2 Å². The van der Waals surface area contributed by atoms with Gasteiger partial charge < -0.3 is 25.0 Å². The van der Waals surface area contributed by atoms with Crippen molar-refractivity contribution in [2.24, 2.45) is 0 Å². The number of anilines is 2. The third-order valence-electron chi connectivity index (χ3n) is 8.12. The van der Waals surface area contributed by atoms with E-state index in [9.17, 15) is 9.59 Å². The van der Waals surface area contributed by atoms with E-state index in [2.05, 4.69) is 48.2 Å². The summed E-state index contributed by atoms with van der Waals surface area (Å²) >= 11 is 6.07. The first-order chi connectivity index (χ1) is 21.9. The van der Waals surface area contributed by atoms with E-state index in [0.29, 0.717) is 23.6 Å². The van der Waals surface area contributed by atoms with Gasteiger partial charge in [-0.2, -0.15) is 9.78 Å². The molecular formula is C29H28ClFN12O2. The van der Waals surface area contributed by atoms with Crippen LogP contribution in [0.15, 0.2) is 55.1 Å². The summed E-state index contributed by atoms with van der Waals surface area (Å²) < 4.78 is 18.5. The van der Waals surface area contributed by atoms with Crippen molar-refractivity contribution in [3.8, 4) is 5.69 Å². The highest BCUT2D eigenvalue weighted by atomic mass is 35.5. The zero-order valence-corrected chi connectivity index (χ0v) is 24.8. The molecule has 0 bridgehead atoms. The summed E-state index contributed by atoms with van der Waals surface area (Å²) in [6.45, 7) is 5.14. The van der Waals surface area contributed by atoms with Crippen LogP contribution in [-0.2, 0) is 16.1 Å². The predicted octanol–water partition coefficient (Wildman–Crippen LogP) is 2.56. The minimum absolute atomic E-state index is 0.0223. The molecule has 2 aromatic carbocycles. The summed E-state index contributed by atoms with van der Waals surface area (Å²) in [5.41, 5.74) is 2.19. The quantitative estimate of drug-likeness (QED) is 0.240. The molecule has 0 spiro atoms. The fourth-order valence-electron chi connectivity index (χ4n) is 5.87. The van der Waals surface area contributed by atoms with E-state index < -0.39 is 23.7 Å². The van der Waals surface area contributed by atoms with E-state index in [1.807, 2.05) is 10.6 Å². The van der Waals surface area contributed by atoms with Crippen molar-refractivity contribution in [3.63, 3.8) is 0 Å². The zero-order chi connectivity index (χ0) is 31.1. The number of hydrogen-bond acceptors (Lipinski definition) is 9. The summed E-state index contributed by atoms with van der Waals surface area (Å²) in [6, 6.07) is 7.52. The van der Waals surface area contributed by atoms with Crippen LogP contribution in [0.1, 0.15) is 24.2 Å². The molecule has 2 aliphatic heterocycles. The maximum atomic E-state index is 15.2. The van der Waals surface area contributed by atoms with Crippen molar-refractivity contribution in [1.29, 1.82) is 0 Å². The van der Waals surface area contributed by atoms with Crippen molar-refractivity contribution in [2.45, 2.75) is 25.6 Å². The number of carbonyl (C=O) groups is 2. The van der Waals surface area contributed by atoms with Gasteiger partial charge in [-0.1, -0.05) is 11.6 Å². The Morgan fingerprint density at radius 3 is 2.87 bits per heavy atom. The van der Waals surface area contributed by atoms with Gasteiger partial charge in [-0.25, -0.2) is 9.37 Å². The molecule has 0 radical (unpaired) electrons. The number of rotatable bonds is 6. The van der Waals surface area contributed by atoms with Crippen molar-refractivity contribution < 1.29 is 14.0 Å². The number of benzene rings is 2. The van der Waals surface area contributed by atoms with Crippen LogP contribution in [0.3, 0.4) is 0 Å². The van der Waals surface area contributed by atoms with Gasteiger partial charge in [-0.05, 0) is 53.8 Å². The predicted molar refractivity (Wildman–Crippen MR) is 164 cm³/mol. The molecule has 230 valence electrons. The SMILES string of the molecule is CC1CNCCN1c1ncc2n1CCN(C(=O)C=Cc1c(-n3cnnn3)ccc(Cl)c1F)C2C(=O)Nc1ccc2cn[nH]c2c1. The Morgan fingerprint density at radius 2 is 2.04 bits per heavy atom. The number of imidazole rings is 1. The second-order valence-electron chi connectivity index (χ2n) is 10.9. The average Bonchev–Trinajstić information content (AvgIpc) is 3.82. The van der Waals surface area contributed by atoms with Crippen molar-refractivity contribution in [2.75, 3.05) is 36.4 Å². The lowest BCUT2D eigenvalue weighted by Crippen LogP contribution is -2.52. The largest absolute Gasteiger partial charge is 0.337 e. The van der Waals surface area contributed by atoms with Crippen LogP contribution in [0, 0.1) is 5.82 Å².